The fourth-order valence-electron chi connectivity index (χ4n) is 25.9. The summed E-state index contributed by atoms with van der Waals surface area (Å²) in [6.07, 6.45) is 45.9. The van der Waals surface area contributed by atoms with Gasteiger partial charge in [0.1, 0.15) is 5.82 Å². The molecule has 23 nitrogen and oxygen atoms in total. The van der Waals surface area contributed by atoms with Gasteiger partial charge in [-0.2, -0.15) is 60.0 Å². The van der Waals surface area contributed by atoms with Crippen molar-refractivity contribution in [3.63, 3.8) is 0 Å². The van der Waals surface area contributed by atoms with Crippen LogP contribution in [0.3, 0.4) is 0 Å². The normalized spacial score (nSPS) is 20.1. The number of rotatable bonds is 64. The number of hydrogen-bond donors (Lipinski definition) is 0. The lowest BCUT2D eigenvalue weighted by molar-refractivity contribution is -0.282. The largest absolute Gasteiger partial charge is 0.341 e. The molecule has 0 spiro atoms. The summed E-state index contributed by atoms with van der Waals surface area (Å²) in [4.78, 5) is 94.5. The number of nitrogens with zero attached hydrogens (tertiary/aromatic N) is 20. The fourth-order valence-corrected chi connectivity index (χ4v) is 25.9. The third kappa shape index (κ3) is 34.7. The third-order valence-electron chi connectivity index (χ3n) is 30.9. The lowest BCUT2D eigenvalue weighted by Crippen LogP contribution is -2.64. The predicted octanol–water partition coefficient (Wildman–Crippen LogP) is 28.6. The minimum absolute atomic E-state index is 0.0992. The first-order chi connectivity index (χ1) is 64.8. The SMILES string of the molecule is CCCCC(CCCC)c1nc(N(CCCC)CCCC)nc(N(CCCCCCN(c2nc(N(CCCC)C3CC(C)(C)N(OCCC)C(C)(C)C3)nc(N(CCCCCCN(c3nc(N(CCCC)CCCC)nc(N(CCCC)CCCC)n3)C3CC(C)(C)N(OCCC)C(C)(C)C3)C3CC(C)(C)N(OCCC)C(C)(C)C3)n2)C2CC(C)(C)CC(C)(C)C2)C2CC(C)(C)CC(C)(C)C2)n1. The maximum atomic E-state index is 6.94. The highest BCUT2D eigenvalue weighted by atomic mass is 16.7. The van der Waals surface area contributed by atoms with E-state index in [1.807, 2.05) is 0 Å². The van der Waals surface area contributed by atoms with Crippen LogP contribution in [-0.2, 0) is 14.5 Å². The van der Waals surface area contributed by atoms with E-state index in [9.17, 15) is 0 Å². The van der Waals surface area contributed by atoms with Gasteiger partial charge in [-0.15, -0.1) is 0 Å². The van der Waals surface area contributed by atoms with Gasteiger partial charge in [0.25, 0.3) is 0 Å². The Morgan fingerprint density at radius 1 is 0.226 bits per heavy atom. The van der Waals surface area contributed by atoms with Crippen molar-refractivity contribution in [1.29, 1.82) is 0 Å². The third-order valence-corrected chi connectivity index (χ3v) is 30.9. The molecule has 0 atom stereocenters. The van der Waals surface area contributed by atoms with E-state index < -0.39 is 0 Å². The number of hydroxylamine groups is 6. The first-order valence-electron chi connectivity index (χ1n) is 57.5. The molecular formula is C114H216N20O3. The van der Waals surface area contributed by atoms with Crippen molar-refractivity contribution in [2.24, 2.45) is 21.7 Å². The zero-order valence-corrected chi connectivity index (χ0v) is 95.4. The zero-order valence-electron chi connectivity index (χ0n) is 95.4. The second-order valence-corrected chi connectivity index (χ2v) is 50.6. The molecule has 5 fully saturated rings. The van der Waals surface area contributed by atoms with Crippen LogP contribution in [0.2, 0.25) is 0 Å². The maximum Gasteiger partial charge on any atom is 0.232 e. The topological polar surface area (TPSA) is 179 Å². The van der Waals surface area contributed by atoms with Gasteiger partial charge in [-0.25, -0.2) is 0 Å². The van der Waals surface area contributed by atoms with Crippen molar-refractivity contribution in [3.8, 4) is 0 Å². The van der Waals surface area contributed by atoms with Crippen LogP contribution in [0.25, 0.3) is 0 Å². The van der Waals surface area contributed by atoms with Gasteiger partial charge in [-0.05, 0) is 285 Å². The summed E-state index contributed by atoms with van der Waals surface area (Å²) in [6.45, 7) is 88.9. The minimum atomic E-state index is -0.305. The van der Waals surface area contributed by atoms with Crippen molar-refractivity contribution >= 4 is 47.6 Å². The maximum absolute atomic E-state index is 6.94. The van der Waals surface area contributed by atoms with Crippen LogP contribution in [0.15, 0.2) is 0 Å². The second kappa shape index (κ2) is 54.4. The highest BCUT2D eigenvalue weighted by Crippen LogP contribution is 2.52. The molecule has 2 saturated carbocycles. The molecule has 2 aliphatic carbocycles. The van der Waals surface area contributed by atoms with Gasteiger partial charge in [0, 0.05) is 141 Å². The summed E-state index contributed by atoms with van der Waals surface area (Å²) >= 11 is 0. The Kier molecular flexibility index (Phi) is 46.6. The molecule has 3 saturated heterocycles. The summed E-state index contributed by atoms with van der Waals surface area (Å²) in [5, 5.41) is 7.09. The molecular weight excluding hydrogens is 1700 g/mol. The van der Waals surface area contributed by atoms with Crippen molar-refractivity contribution in [2.45, 2.75) is 567 Å². The van der Waals surface area contributed by atoms with Gasteiger partial charge in [0.2, 0.25) is 47.6 Å². The van der Waals surface area contributed by atoms with Crippen LogP contribution < -0.4 is 39.2 Å². The summed E-state index contributed by atoms with van der Waals surface area (Å²) in [6, 6.07) is 0.940. The molecule has 3 aliphatic heterocycles. The summed E-state index contributed by atoms with van der Waals surface area (Å²) < 4.78 is 0. The van der Waals surface area contributed by atoms with Crippen LogP contribution in [0.4, 0.5) is 47.6 Å². The van der Waals surface area contributed by atoms with Gasteiger partial charge < -0.3 is 39.2 Å². The van der Waals surface area contributed by atoms with E-state index in [0.29, 0.717) is 31.8 Å². The second-order valence-electron chi connectivity index (χ2n) is 50.6. The summed E-state index contributed by atoms with van der Waals surface area (Å²) in [5.74, 6) is 8.22. The van der Waals surface area contributed by atoms with E-state index in [-0.39, 0.29) is 79.1 Å². The first-order valence-corrected chi connectivity index (χ1v) is 57.5. The van der Waals surface area contributed by atoms with E-state index >= 15 is 0 Å². The Hall–Kier alpha value is -4.81. The quantitative estimate of drug-likeness (QED) is 0.0487. The van der Waals surface area contributed by atoms with E-state index in [0.717, 1.165) is 363 Å². The molecule has 8 rings (SSSR count). The van der Waals surface area contributed by atoms with Crippen LogP contribution in [-0.4, -0.2) is 215 Å². The molecule has 6 heterocycles. The minimum Gasteiger partial charge on any atom is -0.341 e. The van der Waals surface area contributed by atoms with Crippen LogP contribution >= 0.6 is 0 Å². The molecule has 3 aromatic rings. The molecule has 137 heavy (non-hydrogen) atoms. The Morgan fingerprint density at radius 2 is 0.416 bits per heavy atom. The van der Waals surface area contributed by atoms with Crippen molar-refractivity contribution in [3.05, 3.63) is 5.82 Å². The van der Waals surface area contributed by atoms with Gasteiger partial charge in [-0.1, -0.05) is 235 Å². The van der Waals surface area contributed by atoms with Crippen LogP contribution in [0.1, 0.15) is 509 Å². The number of hydrogen-bond acceptors (Lipinski definition) is 23. The summed E-state index contributed by atoms with van der Waals surface area (Å²) in [5.41, 5.74) is -1.08. The van der Waals surface area contributed by atoms with Crippen molar-refractivity contribution in [2.75, 3.05) is 131 Å². The van der Waals surface area contributed by atoms with E-state index in [1.165, 1.54) is 38.5 Å². The lowest BCUT2D eigenvalue weighted by atomic mass is 9.63. The van der Waals surface area contributed by atoms with Gasteiger partial charge in [0.05, 0.1) is 19.8 Å². The highest BCUT2D eigenvalue weighted by Gasteiger charge is 2.54. The summed E-state index contributed by atoms with van der Waals surface area (Å²) in [7, 11) is 0. The zero-order chi connectivity index (χ0) is 101. The lowest BCUT2D eigenvalue weighted by Gasteiger charge is -2.56. The molecule has 5 aliphatic rings. The van der Waals surface area contributed by atoms with Gasteiger partial charge >= 0.3 is 0 Å². The van der Waals surface area contributed by atoms with Gasteiger partial charge in [-0.3, -0.25) is 14.5 Å². The monoisotopic (exact) mass is 1910 g/mol. The van der Waals surface area contributed by atoms with Crippen molar-refractivity contribution < 1.29 is 14.5 Å². The van der Waals surface area contributed by atoms with E-state index in [2.05, 4.69) is 276 Å². The Labute approximate surface area is 842 Å². The average Bonchev–Trinajstić information content (AvgIpc) is 0.766. The Bertz CT molecular complexity index is 3710. The standard InChI is InChI=1S/C114H216N20O3/c1-33-45-62-90(63-46-34-2)96-115-97(124(64-47-35-3)65-48-36-4)118-100(116-96)128(91-78-105(13,14)88-106(15,16)79-91)71-58-54-55-59-72-129(92-80-107(17,18)89-108(19,20)81-92)103-121-102(127(70-53-41-9)93-82-109(21,22)132(135-75-42-10)110(23,24)83-93)122-104(123-103)131(95-86-113(29,30)134(137-77-44-12)114(31,32)87-95)74-61-57-56-60-73-130(94-84-111(25,26)133(136-76-43-11)112(27,28)85-94)101-119-98(125(66-49-37-5)67-50-38-6)117-99(120-101)126(68-51-39-7)69-52-40-8/h90-95H,33-89H2,1-32H3. The molecule has 0 N–H and O–H groups in total. The highest BCUT2D eigenvalue weighted by molar-refractivity contribution is 5.51. The number of unbranched alkanes of at least 4 members (excludes halogenated alkanes) is 15. The van der Waals surface area contributed by atoms with E-state index in [1.54, 1.807) is 0 Å². The molecule has 0 unspecified atom stereocenters. The Morgan fingerprint density at radius 3 is 0.650 bits per heavy atom. The molecule has 3 aromatic heterocycles. The molecule has 0 aromatic carbocycles. The smallest absolute Gasteiger partial charge is 0.232 e. The number of anilines is 8. The van der Waals surface area contributed by atoms with Crippen LogP contribution in [0, 0.1) is 21.7 Å². The molecule has 0 amide bonds. The van der Waals surface area contributed by atoms with E-state index in [4.69, 9.17) is 59.4 Å². The Balaban J connectivity index is 1.27. The number of piperidine rings is 3. The van der Waals surface area contributed by atoms with Gasteiger partial charge in [0.15, 0.2) is 0 Å². The average molecular weight is 1920 g/mol. The molecule has 0 radical (unpaired) electrons. The van der Waals surface area contributed by atoms with Crippen LogP contribution in [0.5, 0.6) is 0 Å². The predicted molar refractivity (Wildman–Crippen MR) is 584 cm³/mol. The molecule has 790 valence electrons. The fraction of sp³-hybridized carbons (Fsp3) is 0.921. The molecule has 0 bridgehead atoms. The number of aromatic nitrogens is 9. The molecule has 23 heteroatoms. The first kappa shape index (κ1) is 117. The van der Waals surface area contributed by atoms with Crippen molar-refractivity contribution in [1.82, 2.24) is 60.0 Å².